The van der Waals surface area contributed by atoms with Gasteiger partial charge in [-0.05, 0) is 93.5 Å². The van der Waals surface area contributed by atoms with E-state index in [0.717, 1.165) is 56.1 Å². The molecular formula is C29H32FNO3. The summed E-state index contributed by atoms with van der Waals surface area (Å²) >= 11 is 0. The average molecular weight is 462 g/mol. The van der Waals surface area contributed by atoms with E-state index in [4.69, 9.17) is 9.47 Å². The molecule has 1 aliphatic heterocycles. The summed E-state index contributed by atoms with van der Waals surface area (Å²) in [6, 6.07) is 12.3. The molecule has 1 unspecified atom stereocenters. The number of nitrogens with one attached hydrogen (secondary N) is 1. The van der Waals surface area contributed by atoms with Crippen LogP contribution in [0.15, 0.2) is 42.5 Å². The zero-order chi connectivity index (χ0) is 24.6. The second-order valence-corrected chi connectivity index (χ2v) is 9.48. The second kappa shape index (κ2) is 9.13. The summed E-state index contributed by atoms with van der Waals surface area (Å²) in [4.78, 5) is 13.3. The lowest BCUT2D eigenvalue weighted by Gasteiger charge is -2.37. The van der Waals surface area contributed by atoms with Crippen molar-refractivity contribution in [1.82, 2.24) is 0 Å². The van der Waals surface area contributed by atoms with Crippen LogP contribution in [0.1, 0.15) is 52.3 Å². The molecule has 0 aliphatic carbocycles. The maximum absolute atomic E-state index is 13.3. The van der Waals surface area contributed by atoms with Crippen LogP contribution in [0.4, 0.5) is 10.1 Å². The molecule has 0 saturated carbocycles. The van der Waals surface area contributed by atoms with E-state index in [9.17, 15) is 9.18 Å². The average Bonchev–Trinajstić information content (AvgIpc) is 2.81. The molecule has 0 bridgehead atoms. The van der Waals surface area contributed by atoms with Crippen LogP contribution < -0.4 is 14.8 Å². The van der Waals surface area contributed by atoms with Crippen molar-refractivity contribution in [3.05, 3.63) is 87.2 Å². The number of benzene rings is 3. The summed E-state index contributed by atoms with van der Waals surface area (Å²) in [5.41, 5.74) is 6.89. The van der Waals surface area contributed by atoms with E-state index < -0.39 is 5.60 Å². The Bertz CT molecular complexity index is 1230. The van der Waals surface area contributed by atoms with Crippen LogP contribution >= 0.6 is 0 Å². The molecule has 0 aromatic heterocycles. The highest BCUT2D eigenvalue weighted by molar-refractivity contribution is 5.98. The van der Waals surface area contributed by atoms with Crippen LogP contribution in [-0.2, 0) is 17.8 Å². The first-order valence-electron chi connectivity index (χ1n) is 11.7. The first-order chi connectivity index (χ1) is 16.1. The van der Waals surface area contributed by atoms with E-state index in [-0.39, 0.29) is 11.7 Å². The van der Waals surface area contributed by atoms with E-state index in [1.54, 1.807) is 12.1 Å². The lowest BCUT2D eigenvalue weighted by molar-refractivity contribution is -0.131. The van der Waals surface area contributed by atoms with Crippen molar-refractivity contribution in [1.29, 1.82) is 0 Å². The van der Waals surface area contributed by atoms with Gasteiger partial charge in [0, 0.05) is 17.7 Å². The molecule has 0 saturated heterocycles. The number of hydrogen-bond acceptors (Lipinski definition) is 3. The van der Waals surface area contributed by atoms with Crippen molar-refractivity contribution < 1.29 is 18.7 Å². The summed E-state index contributed by atoms with van der Waals surface area (Å²) in [7, 11) is 0. The Kier molecular flexibility index (Phi) is 6.39. The molecule has 3 aromatic carbocycles. The van der Waals surface area contributed by atoms with Gasteiger partial charge in [-0.1, -0.05) is 30.3 Å². The maximum atomic E-state index is 13.3. The largest absolute Gasteiger partial charge is 0.488 e. The molecule has 4 rings (SSSR count). The SMILES string of the molecule is Cc1cccc(C)c1NC(=O)C1(C)CCc2c(C)c(OCc3ccc(F)cc3)c(C)c(C)c2O1. The highest BCUT2D eigenvalue weighted by Gasteiger charge is 2.41. The number of rotatable bonds is 5. The van der Waals surface area contributed by atoms with Crippen molar-refractivity contribution >= 4 is 11.6 Å². The first kappa shape index (κ1) is 23.8. The number of para-hydroxylation sites is 1. The monoisotopic (exact) mass is 461 g/mol. The number of halogens is 1. The highest BCUT2D eigenvalue weighted by atomic mass is 19.1. The molecule has 178 valence electrons. The predicted molar refractivity (Wildman–Crippen MR) is 133 cm³/mol. The molecule has 1 N–H and O–H groups in total. The van der Waals surface area contributed by atoms with Crippen LogP contribution in [0, 0.1) is 40.4 Å². The predicted octanol–water partition coefficient (Wildman–Crippen LogP) is 6.67. The van der Waals surface area contributed by atoms with E-state index >= 15 is 0 Å². The van der Waals surface area contributed by atoms with Crippen LogP contribution in [0.25, 0.3) is 0 Å². The molecular weight excluding hydrogens is 429 g/mol. The molecule has 5 heteroatoms. The normalized spacial score (nSPS) is 17.0. The van der Waals surface area contributed by atoms with Crippen molar-refractivity contribution in [3.63, 3.8) is 0 Å². The van der Waals surface area contributed by atoms with Gasteiger partial charge in [-0.15, -0.1) is 0 Å². The molecule has 0 radical (unpaired) electrons. The molecule has 4 nitrogen and oxygen atoms in total. The first-order valence-corrected chi connectivity index (χ1v) is 11.7. The Hall–Kier alpha value is -3.34. The van der Waals surface area contributed by atoms with E-state index in [1.807, 2.05) is 59.7 Å². The number of fused-ring (bicyclic) bond motifs is 1. The standard InChI is InChI=1S/C29H32FNO3/c1-17-8-7-9-18(2)25(17)31-28(32)29(6)15-14-24-21(5)26(19(3)20(4)27(24)34-29)33-16-22-10-12-23(30)13-11-22/h7-13H,14-16H2,1-6H3,(H,31,32). The van der Waals surface area contributed by atoms with Gasteiger partial charge in [0.05, 0.1) is 0 Å². The fraction of sp³-hybridized carbons (Fsp3) is 0.345. The molecule has 0 fully saturated rings. The van der Waals surface area contributed by atoms with Gasteiger partial charge in [0.25, 0.3) is 5.91 Å². The van der Waals surface area contributed by atoms with Crippen LogP contribution in [-0.4, -0.2) is 11.5 Å². The fourth-order valence-electron chi connectivity index (χ4n) is 4.60. The quantitative estimate of drug-likeness (QED) is 0.462. The van der Waals surface area contributed by atoms with Gasteiger partial charge < -0.3 is 14.8 Å². The summed E-state index contributed by atoms with van der Waals surface area (Å²) in [6.45, 7) is 12.3. The lowest BCUT2D eigenvalue weighted by Crippen LogP contribution is -2.48. The Morgan fingerprint density at radius 1 is 1.00 bits per heavy atom. The third kappa shape index (κ3) is 4.39. The number of anilines is 1. The van der Waals surface area contributed by atoms with Gasteiger partial charge in [0.15, 0.2) is 5.60 Å². The minimum absolute atomic E-state index is 0.137. The summed E-state index contributed by atoms with van der Waals surface area (Å²) < 4.78 is 25.9. The van der Waals surface area contributed by atoms with Crippen LogP contribution in [0.5, 0.6) is 11.5 Å². The lowest BCUT2D eigenvalue weighted by atomic mass is 9.86. The fourth-order valence-corrected chi connectivity index (χ4v) is 4.60. The molecule has 1 aliphatic rings. The minimum Gasteiger partial charge on any atom is -0.488 e. The number of carbonyl (C=O) groups excluding carboxylic acids is 1. The molecule has 34 heavy (non-hydrogen) atoms. The Morgan fingerprint density at radius 3 is 2.29 bits per heavy atom. The van der Waals surface area contributed by atoms with Crippen LogP contribution in [0.2, 0.25) is 0 Å². The number of ether oxygens (including phenoxy) is 2. The number of carbonyl (C=O) groups is 1. The highest BCUT2D eigenvalue weighted by Crippen LogP contribution is 2.44. The third-order valence-electron chi connectivity index (χ3n) is 6.99. The smallest absolute Gasteiger partial charge is 0.268 e. The molecule has 0 spiro atoms. The maximum Gasteiger partial charge on any atom is 0.268 e. The van der Waals surface area contributed by atoms with Gasteiger partial charge in [-0.2, -0.15) is 0 Å². The number of amides is 1. The summed E-state index contributed by atoms with van der Waals surface area (Å²) in [6.07, 6.45) is 1.28. The Labute approximate surface area is 201 Å². The van der Waals surface area contributed by atoms with Gasteiger partial charge in [-0.25, -0.2) is 4.39 Å². The number of aryl methyl sites for hydroxylation is 2. The molecule has 3 aromatic rings. The zero-order valence-corrected chi connectivity index (χ0v) is 20.8. The molecule has 1 amide bonds. The topological polar surface area (TPSA) is 47.6 Å². The van der Waals surface area contributed by atoms with Gasteiger partial charge in [-0.3, -0.25) is 4.79 Å². The third-order valence-corrected chi connectivity index (χ3v) is 6.99. The van der Waals surface area contributed by atoms with Crippen molar-refractivity contribution in [3.8, 4) is 11.5 Å². The number of hydrogen-bond donors (Lipinski definition) is 1. The van der Waals surface area contributed by atoms with Crippen molar-refractivity contribution in [2.24, 2.45) is 0 Å². The van der Waals surface area contributed by atoms with E-state index in [2.05, 4.69) is 5.32 Å². The van der Waals surface area contributed by atoms with E-state index in [1.165, 1.54) is 12.1 Å². The van der Waals surface area contributed by atoms with Crippen molar-refractivity contribution in [2.75, 3.05) is 5.32 Å². The van der Waals surface area contributed by atoms with E-state index in [0.29, 0.717) is 19.4 Å². The zero-order valence-electron chi connectivity index (χ0n) is 20.8. The van der Waals surface area contributed by atoms with Gasteiger partial charge in [0.2, 0.25) is 0 Å². The Balaban J connectivity index is 1.59. The minimum atomic E-state index is -0.970. The molecule has 1 heterocycles. The summed E-state index contributed by atoms with van der Waals surface area (Å²) in [5, 5.41) is 3.11. The second-order valence-electron chi connectivity index (χ2n) is 9.48. The van der Waals surface area contributed by atoms with Gasteiger partial charge >= 0.3 is 0 Å². The summed E-state index contributed by atoms with van der Waals surface area (Å²) in [5.74, 6) is 1.20. The van der Waals surface area contributed by atoms with Crippen LogP contribution in [0.3, 0.4) is 0 Å². The van der Waals surface area contributed by atoms with Gasteiger partial charge in [0.1, 0.15) is 23.9 Å². The van der Waals surface area contributed by atoms with Crippen molar-refractivity contribution in [2.45, 2.75) is 66.6 Å². The molecule has 1 atom stereocenters. The Morgan fingerprint density at radius 2 is 1.65 bits per heavy atom.